The fraction of sp³-hybridized carbons (Fsp3) is 0. The van der Waals surface area contributed by atoms with Crippen molar-refractivity contribution < 1.29 is 0 Å². The molecule has 1 heterocycles. The van der Waals surface area contributed by atoms with Crippen LogP contribution in [-0.2, 0) is 0 Å². The van der Waals surface area contributed by atoms with E-state index in [-0.39, 0.29) is 36.5 Å². The van der Waals surface area contributed by atoms with E-state index in [9.17, 15) is 0 Å². The summed E-state index contributed by atoms with van der Waals surface area (Å²) < 4.78 is 0. The molecule has 0 saturated heterocycles. The minimum Gasteiger partial charge on any atom is -0.384 e. The number of benzene rings is 1. The lowest BCUT2D eigenvalue weighted by Gasteiger charge is -1.97. The van der Waals surface area contributed by atoms with Crippen LogP contribution in [0, 0.1) is 10.8 Å². The quantitative estimate of drug-likeness (QED) is 0.422. The van der Waals surface area contributed by atoms with Crippen LogP contribution in [0.3, 0.4) is 0 Å². The smallest absolute Gasteiger partial charge is 0.139 e. The number of nitrogens with one attached hydrogen (secondary N) is 3. The van der Waals surface area contributed by atoms with Gasteiger partial charge in [0.05, 0.1) is 5.69 Å². The van der Waals surface area contributed by atoms with Crippen LogP contribution in [0.4, 0.5) is 0 Å². The van der Waals surface area contributed by atoms with Gasteiger partial charge in [-0.25, -0.2) is 0 Å². The fourth-order valence-corrected chi connectivity index (χ4v) is 1.44. The Bertz CT molecular complexity index is 549. The topological polar surface area (TPSA) is 116 Å². The molecule has 2 aromatic rings. The van der Waals surface area contributed by atoms with Crippen molar-refractivity contribution in [2.75, 3.05) is 0 Å². The average Bonchev–Trinajstić information content (AvgIpc) is 2.59. The lowest BCUT2D eigenvalue weighted by Crippen LogP contribution is -2.11. The summed E-state index contributed by atoms with van der Waals surface area (Å²) in [4.78, 5) is 2.99. The number of hydrogen-bond acceptors (Lipinski definition) is 2. The van der Waals surface area contributed by atoms with Gasteiger partial charge in [0.25, 0.3) is 0 Å². The number of fused-ring (bicyclic) bond motifs is 1. The number of nitrogens with two attached hydrogens (primary N) is 2. The van der Waals surface area contributed by atoms with Gasteiger partial charge in [0.2, 0.25) is 0 Å². The molecule has 0 aliphatic heterocycles. The highest BCUT2D eigenvalue weighted by Crippen LogP contribution is 2.16. The van der Waals surface area contributed by atoms with Crippen LogP contribution in [0.2, 0.25) is 0 Å². The molecule has 0 amide bonds. The van der Waals surface area contributed by atoms with Crippen LogP contribution in [0.5, 0.6) is 0 Å². The SMILES string of the molecule is Cl.Cl.N=C(N)c1ccc2cc(C(=N)N)[nH]c2c1. The molecule has 7 heteroatoms. The van der Waals surface area contributed by atoms with Crippen LogP contribution in [0.25, 0.3) is 10.9 Å². The van der Waals surface area contributed by atoms with Crippen molar-refractivity contribution in [3.05, 3.63) is 35.5 Å². The third kappa shape index (κ3) is 2.89. The largest absolute Gasteiger partial charge is 0.384 e. The number of hydrogen-bond donors (Lipinski definition) is 5. The Labute approximate surface area is 110 Å². The van der Waals surface area contributed by atoms with Gasteiger partial charge < -0.3 is 16.5 Å². The zero-order valence-electron chi connectivity index (χ0n) is 8.78. The summed E-state index contributed by atoms with van der Waals surface area (Å²) in [7, 11) is 0. The van der Waals surface area contributed by atoms with E-state index in [0.717, 1.165) is 10.9 Å². The van der Waals surface area contributed by atoms with Crippen LogP contribution < -0.4 is 11.5 Å². The van der Waals surface area contributed by atoms with Crippen molar-refractivity contribution in [3.8, 4) is 0 Å². The Balaban J connectivity index is 0.00000128. The normalized spacial score (nSPS) is 9.18. The molecular formula is C10H13Cl2N5. The summed E-state index contributed by atoms with van der Waals surface area (Å²) in [6.45, 7) is 0. The molecule has 0 bridgehead atoms. The van der Waals surface area contributed by atoms with Gasteiger partial charge >= 0.3 is 0 Å². The summed E-state index contributed by atoms with van der Waals surface area (Å²) in [6.07, 6.45) is 0. The summed E-state index contributed by atoms with van der Waals surface area (Å²) in [6, 6.07) is 7.17. The predicted octanol–water partition coefficient (Wildman–Crippen LogP) is 1.58. The molecule has 2 rings (SSSR count). The molecule has 5 nitrogen and oxygen atoms in total. The second-order valence-electron chi connectivity index (χ2n) is 3.31. The number of aromatic amines is 1. The number of H-pyrrole nitrogens is 1. The first kappa shape index (κ1) is 15.3. The molecule has 17 heavy (non-hydrogen) atoms. The van der Waals surface area contributed by atoms with Crippen LogP contribution in [0.1, 0.15) is 11.3 Å². The third-order valence-corrected chi connectivity index (χ3v) is 2.22. The van der Waals surface area contributed by atoms with E-state index in [2.05, 4.69) is 4.98 Å². The van der Waals surface area contributed by atoms with Gasteiger partial charge in [-0.2, -0.15) is 0 Å². The van der Waals surface area contributed by atoms with E-state index in [1.54, 1.807) is 18.2 Å². The van der Waals surface area contributed by atoms with E-state index in [0.29, 0.717) is 11.3 Å². The van der Waals surface area contributed by atoms with E-state index in [1.807, 2.05) is 6.07 Å². The zero-order valence-corrected chi connectivity index (χ0v) is 10.4. The molecule has 0 spiro atoms. The van der Waals surface area contributed by atoms with Crippen molar-refractivity contribution in [1.29, 1.82) is 10.8 Å². The lowest BCUT2D eigenvalue weighted by atomic mass is 10.1. The lowest BCUT2D eigenvalue weighted by molar-refractivity contribution is 1.34. The Morgan fingerprint density at radius 1 is 1.00 bits per heavy atom. The number of nitrogen functional groups attached to an aromatic ring is 2. The minimum atomic E-state index is -0.00410. The van der Waals surface area contributed by atoms with Gasteiger partial charge in [-0.15, -0.1) is 24.8 Å². The molecule has 0 atom stereocenters. The third-order valence-electron chi connectivity index (χ3n) is 2.22. The Morgan fingerprint density at radius 2 is 1.65 bits per heavy atom. The second kappa shape index (κ2) is 5.56. The van der Waals surface area contributed by atoms with E-state index >= 15 is 0 Å². The standard InChI is InChI=1S/C10H11N5.2ClH/c11-9(12)6-2-1-5-3-8(10(13)14)15-7(5)4-6;;/h1-4,15H,(H3,11,12)(H3,13,14);2*1H. The summed E-state index contributed by atoms with van der Waals surface area (Å²) in [5.74, 6) is 0.0199. The minimum absolute atomic E-state index is 0. The van der Waals surface area contributed by atoms with E-state index < -0.39 is 0 Å². The first-order chi connectivity index (χ1) is 7.08. The fourth-order valence-electron chi connectivity index (χ4n) is 1.44. The number of halogens is 2. The first-order valence-electron chi connectivity index (χ1n) is 4.39. The van der Waals surface area contributed by atoms with Crippen molar-refractivity contribution in [3.63, 3.8) is 0 Å². The van der Waals surface area contributed by atoms with E-state index in [4.69, 9.17) is 22.3 Å². The molecular weight excluding hydrogens is 261 g/mol. The summed E-state index contributed by atoms with van der Waals surface area (Å²) >= 11 is 0. The van der Waals surface area contributed by atoms with Gasteiger partial charge in [0.1, 0.15) is 11.7 Å². The molecule has 1 aromatic carbocycles. The number of rotatable bonds is 2. The van der Waals surface area contributed by atoms with Gasteiger partial charge in [-0.05, 0) is 12.1 Å². The molecule has 0 unspecified atom stereocenters. The van der Waals surface area contributed by atoms with Gasteiger partial charge in [-0.3, -0.25) is 10.8 Å². The van der Waals surface area contributed by atoms with Gasteiger partial charge in [-0.1, -0.05) is 12.1 Å². The highest BCUT2D eigenvalue weighted by atomic mass is 35.5. The molecule has 92 valence electrons. The molecule has 1 aromatic heterocycles. The maximum atomic E-state index is 7.30. The predicted molar refractivity (Wildman–Crippen MR) is 74.8 cm³/mol. The van der Waals surface area contributed by atoms with Crippen LogP contribution in [0.15, 0.2) is 24.3 Å². The Morgan fingerprint density at radius 3 is 2.18 bits per heavy atom. The molecule has 0 aliphatic carbocycles. The number of amidine groups is 2. The van der Waals surface area contributed by atoms with Gasteiger partial charge in [0, 0.05) is 16.5 Å². The molecule has 0 aliphatic rings. The maximum absolute atomic E-state index is 7.30. The number of aromatic nitrogens is 1. The average molecular weight is 274 g/mol. The second-order valence-corrected chi connectivity index (χ2v) is 3.31. The molecule has 7 N–H and O–H groups in total. The van der Waals surface area contributed by atoms with Crippen LogP contribution >= 0.6 is 24.8 Å². The van der Waals surface area contributed by atoms with Crippen molar-refractivity contribution >= 4 is 47.4 Å². The zero-order chi connectivity index (χ0) is 11.0. The summed E-state index contributed by atoms with van der Waals surface area (Å²) in [5, 5.41) is 15.5. The van der Waals surface area contributed by atoms with Crippen LogP contribution in [-0.4, -0.2) is 16.7 Å². The summed E-state index contributed by atoms with van der Waals surface area (Å²) in [5.41, 5.74) is 12.8. The highest BCUT2D eigenvalue weighted by Gasteiger charge is 2.04. The monoisotopic (exact) mass is 273 g/mol. The Kier molecular flexibility index (Phi) is 5.00. The van der Waals surface area contributed by atoms with E-state index in [1.165, 1.54) is 0 Å². The molecule has 0 radical (unpaired) electrons. The highest BCUT2D eigenvalue weighted by molar-refractivity contribution is 6.02. The van der Waals surface area contributed by atoms with Crippen molar-refractivity contribution in [2.45, 2.75) is 0 Å². The van der Waals surface area contributed by atoms with Crippen molar-refractivity contribution in [1.82, 2.24) is 4.98 Å². The maximum Gasteiger partial charge on any atom is 0.139 e. The molecule has 0 fully saturated rings. The first-order valence-corrected chi connectivity index (χ1v) is 4.39. The Hall–Kier alpha value is -1.72. The molecule has 0 saturated carbocycles. The van der Waals surface area contributed by atoms with Crippen molar-refractivity contribution in [2.24, 2.45) is 11.5 Å². The van der Waals surface area contributed by atoms with Gasteiger partial charge in [0.15, 0.2) is 0 Å².